The average molecular weight is 343 g/mol. The van der Waals surface area contributed by atoms with E-state index in [-0.39, 0.29) is 30.5 Å². The van der Waals surface area contributed by atoms with Crippen LogP contribution in [-0.4, -0.2) is 47.0 Å². The lowest BCUT2D eigenvalue weighted by molar-refractivity contribution is 0.101. The fourth-order valence-corrected chi connectivity index (χ4v) is 2.99. The number of hydrogen-bond acceptors (Lipinski definition) is 6. The smallest absolute Gasteiger partial charge is 0.280 e. The van der Waals surface area contributed by atoms with E-state index in [9.17, 15) is 14.7 Å². The lowest BCUT2D eigenvalue weighted by atomic mass is 10.0. The number of carbonyl (C=O) groups excluding carboxylic acids is 1. The van der Waals surface area contributed by atoms with Crippen LogP contribution in [0, 0.1) is 0 Å². The largest absolute Gasteiger partial charge is 0.497 e. The van der Waals surface area contributed by atoms with E-state index in [4.69, 9.17) is 4.74 Å². The second-order valence-electron chi connectivity index (χ2n) is 6.09. The normalized spacial score (nSPS) is 16.4. The van der Waals surface area contributed by atoms with E-state index in [0.717, 1.165) is 17.7 Å². The summed E-state index contributed by atoms with van der Waals surface area (Å²) in [6, 6.07) is 7.27. The number of rotatable bonds is 6. The number of aliphatic hydroxyl groups is 1. The summed E-state index contributed by atoms with van der Waals surface area (Å²) in [6.07, 6.45) is 2.38. The average Bonchev–Trinajstić information content (AvgIpc) is 2.57. The molecule has 0 amide bonds. The molecule has 1 aliphatic rings. The van der Waals surface area contributed by atoms with Crippen LogP contribution in [0.25, 0.3) is 0 Å². The highest BCUT2D eigenvalue weighted by atomic mass is 16.5. The number of hydrogen-bond donors (Lipinski definition) is 1. The Labute approximate surface area is 145 Å². The maximum Gasteiger partial charge on any atom is 0.280 e. The molecule has 0 unspecified atom stereocenters. The van der Waals surface area contributed by atoms with Gasteiger partial charge in [-0.05, 0) is 31.0 Å². The summed E-state index contributed by atoms with van der Waals surface area (Å²) in [5.41, 5.74) is 1.11. The minimum Gasteiger partial charge on any atom is -0.497 e. The Morgan fingerprint density at radius 2 is 2.08 bits per heavy atom. The third-order valence-corrected chi connectivity index (χ3v) is 4.53. The van der Waals surface area contributed by atoms with Crippen molar-refractivity contribution in [3.63, 3.8) is 0 Å². The van der Waals surface area contributed by atoms with Gasteiger partial charge in [-0.1, -0.05) is 12.1 Å². The second kappa shape index (κ2) is 7.06. The Morgan fingerprint density at radius 3 is 2.60 bits per heavy atom. The van der Waals surface area contributed by atoms with E-state index in [1.54, 1.807) is 13.3 Å². The number of methoxy groups -OCH3 is 1. The highest BCUT2D eigenvalue weighted by molar-refractivity contribution is 5.99. The van der Waals surface area contributed by atoms with Gasteiger partial charge in [0.25, 0.3) is 5.56 Å². The van der Waals surface area contributed by atoms with E-state index in [1.807, 2.05) is 29.2 Å². The summed E-state index contributed by atoms with van der Waals surface area (Å²) >= 11 is 0. The zero-order chi connectivity index (χ0) is 18.0. The molecule has 7 nitrogen and oxygen atoms in total. The Hall–Kier alpha value is -2.67. The predicted molar refractivity (Wildman–Crippen MR) is 93.4 cm³/mol. The number of nitrogens with zero attached hydrogens (tertiary/aromatic N) is 3. The number of Topliss-reactive ketones (excluding diaryl/α,β-unsaturated/α-hetero) is 1. The zero-order valence-electron chi connectivity index (χ0n) is 14.3. The molecule has 2 heterocycles. The van der Waals surface area contributed by atoms with Crippen molar-refractivity contribution in [1.29, 1.82) is 0 Å². The lowest BCUT2D eigenvalue weighted by Crippen LogP contribution is -2.51. The van der Waals surface area contributed by atoms with Gasteiger partial charge in [0.15, 0.2) is 5.78 Å². The van der Waals surface area contributed by atoms with Gasteiger partial charge in [0.1, 0.15) is 11.3 Å². The number of anilines is 1. The number of aromatic nitrogens is 2. The summed E-state index contributed by atoms with van der Waals surface area (Å²) in [4.78, 5) is 26.7. The molecular weight excluding hydrogens is 322 g/mol. The highest BCUT2D eigenvalue weighted by Crippen LogP contribution is 2.27. The van der Waals surface area contributed by atoms with Crippen molar-refractivity contribution < 1.29 is 14.6 Å². The predicted octanol–water partition coefficient (Wildman–Crippen LogP) is 1.07. The van der Waals surface area contributed by atoms with Gasteiger partial charge in [-0.25, -0.2) is 4.68 Å². The fraction of sp³-hybridized carbons (Fsp3) is 0.389. The molecule has 0 bridgehead atoms. The molecule has 1 fully saturated rings. The molecule has 132 valence electrons. The minimum absolute atomic E-state index is 0.00766. The molecule has 0 saturated carbocycles. The number of ketones is 1. The van der Waals surface area contributed by atoms with E-state index >= 15 is 0 Å². The molecule has 3 rings (SSSR count). The second-order valence-corrected chi connectivity index (χ2v) is 6.09. The Bertz CT molecular complexity index is 827. The molecule has 7 heteroatoms. The summed E-state index contributed by atoms with van der Waals surface area (Å²) in [5, 5.41) is 13.6. The van der Waals surface area contributed by atoms with Crippen LogP contribution in [0.15, 0.2) is 35.3 Å². The first-order valence-electron chi connectivity index (χ1n) is 8.16. The molecule has 0 aliphatic carbocycles. The maximum atomic E-state index is 12.8. The van der Waals surface area contributed by atoms with Crippen molar-refractivity contribution >= 4 is 11.5 Å². The van der Waals surface area contributed by atoms with Crippen LogP contribution in [-0.2, 0) is 6.54 Å². The van der Waals surface area contributed by atoms with Gasteiger partial charge in [-0.3, -0.25) is 9.59 Å². The Balaban J connectivity index is 1.94. The van der Waals surface area contributed by atoms with Crippen LogP contribution in [0.3, 0.4) is 0 Å². The number of aliphatic hydroxyl groups excluding tert-OH is 1. The first-order valence-corrected chi connectivity index (χ1v) is 8.16. The summed E-state index contributed by atoms with van der Waals surface area (Å²) in [7, 11) is 1.59. The van der Waals surface area contributed by atoms with Crippen molar-refractivity contribution in [3.8, 4) is 5.75 Å². The standard InChI is InChI=1S/C18H21N3O4/c1-12(23)17-16(20-8-7-14(20)11-22)9-19-21(18(17)24)10-13-3-5-15(25-2)6-4-13/h3-6,9,14,22H,7-8,10-11H2,1-2H3/t14-/m1/s1. The number of ether oxygens (including phenoxy) is 1. The SMILES string of the molecule is COc1ccc(Cn2ncc(N3CC[C@@H]3CO)c(C(C)=O)c2=O)cc1. The Kier molecular flexibility index (Phi) is 4.85. The van der Waals surface area contributed by atoms with Crippen LogP contribution in [0.4, 0.5) is 5.69 Å². The topological polar surface area (TPSA) is 84.7 Å². The van der Waals surface area contributed by atoms with Crippen molar-refractivity contribution in [2.75, 3.05) is 25.2 Å². The van der Waals surface area contributed by atoms with Crippen LogP contribution in [0.2, 0.25) is 0 Å². The highest BCUT2D eigenvalue weighted by Gasteiger charge is 2.31. The third kappa shape index (κ3) is 3.28. The molecule has 0 radical (unpaired) electrons. The first-order chi connectivity index (χ1) is 12.0. The molecule has 25 heavy (non-hydrogen) atoms. The third-order valence-electron chi connectivity index (χ3n) is 4.53. The maximum absolute atomic E-state index is 12.8. The zero-order valence-corrected chi connectivity index (χ0v) is 14.3. The number of carbonyl (C=O) groups is 1. The van der Waals surface area contributed by atoms with Gasteiger partial charge >= 0.3 is 0 Å². The summed E-state index contributed by atoms with van der Waals surface area (Å²) in [5.74, 6) is 0.436. The molecule has 1 aromatic carbocycles. The first kappa shape index (κ1) is 17.2. The quantitative estimate of drug-likeness (QED) is 0.790. The van der Waals surface area contributed by atoms with Crippen LogP contribution < -0.4 is 15.2 Å². The van der Waals surface area contributed by atoms with Gasteiger partial charge in [0.05, 0.1) is 38.2 Å². The van der Waals surface area contributed by atoms with Crippen molar-refractivity contribution in [2.45, 2.75) is 25.9 Å². The monoisotopic (exact) mass is 343 g/mol. The van der Waals surface area contributed by atoms with Gasteiger partial charge in [-0.15, -0.1) is 0 Å². The summed E-state index contributed by atoms with van der Waals surface area (Å²) in [6.45, 7) is 2.35. The number of benzene rings is 1. The molecule has 1 atom stereocenters. The van der Waals surface area contributed by atoms with Gasteiger partial charge in [0, 0.05) is 6.54 Å². The molecule has 1 N–H and O–H groups in total. The molecule has 0 spiro atoms. The minimum atomic E-state index is -0.413. The van der Waals surface area contributed by atoms with Gasteiger partial charge < -0.3 is 14.7 Å². The molecule has 1 aliphatic heterocycles. The van der Waals surface area contributed by atoms with Crippen molar-refractivity contribution in [1.82, 2.24) is 9.78 Å². The van der Waals surface area contributed by atoms with Crippen molar-refractivity contribution in [2.24, 2.45) is 0 Å². The van der Waals surface area contributed by atoms with Crippen LogP contribution in [0.1, 0.15) is 29.3 Å². The lowest BCUT2D eigenvalue weighted by Gasteiger charge is -2.42. The van der Waals surface area contributed by atoms with E-state index in [1.165, 1.54) is 11.6 Å². The van der Waals surface area contributed by atoms with Crippen LogP contribution >= 0.6 is 0 Å². The summed E-state index contributed by atoms with van der Waals surface area (Å²) < 4.78 is 6.41. The molecule has 1 aromatic heterocycles. The fourth-order valence-electron chi connectivity index (χ4n) is 2.99. The molecular formula is C18H21N3O4. The molecule has 1 saturated heterocycles. The van der Waals surface area contributed by atoms with E-state index in [2.05, 4.69) is 5.10 Å². The van der Waals surface area contributed by atoms with Crippen molar-refractivity contribution in [3.05, 3.63) is 51.9 Å². The molecule has 2 aromatic rings. The van der Waals surface area contributed by atoms with E-state index in [0.29, 0.717) is 12.2 Å². The Morgan fingerprint density at radius 1 is 1.36 bits per heavy atom. The van der Waals surface area contributed by atoms with E-state index < -0.39 is 5.56 Å². The van der Waals surface area contributed by atoms with Gasteiger partial charge in [-0.2, -0.15) is 5.10 Å². The van der Waals surface area contributed by atoms with Gasteiger partial charge in [0.2, 0.25) is 0 Å². The van der Waals surface area contributed by atoms with Crippen LogP contribution in [0.5, 0.6) is 5.75 Å².